The van der Waals surface area contributed by atoms with E-state index in [1.54, 1.807) is 0 Å². The van der Waals surface area contributed by atoms with E-state index in [9.17, 15) is 0 Å². The van der Waals surface area contributed by atoms with Crippen LogP contribution in [0, 0.1) is 0 Å². The Hall–Kier alpha value is -0.530. The second-order valence-corrected chi connectivity index (χ2v) is 3.76. The van der Waals surface area contributed by atoms with Crippen molar-refractivity contribution in [2.75, 3.05) is 26.2 Å². The molecule has 16 heavy (non-hydrogen) atoms. The number of hydrogen-bond donors (Lipinski definition) is 0. The summed E-state index contributed by atoms with van der Waals surface area (Å²) in [5.41, 5.74) is 0. The predicted octanol–water partition coefficient (Wildman–Crippen LogP) is 0.573. The van der Waals surface area contributed by atoms with Gasteiger partial charge in [-0.15, -0.1) is 0 Å². The monoisotopic (exact) mass is 243 g/mol. The Labute approximate surface area is 107 Å². The van der Waals surface area contributed by atoms with Crippen LogP contribution in [0.25, 0.3) is 0 Å². The first kappa shape index (κ1) is 17.9. The molecule has 0 radical (unpaired) electrons. The number of halogens is 1. The lowest BCUT2D eigenvalue weighted by molar-refractivity contribution is -0.921. The molecule has 0 aliphatic rings. The largest absolute Gasteiger partial charge is 1.00 e. The van der Waals surface area contributed by atoms with E-state index in [1.807, 2.05) is 36.4 Å². The highest BCUT2D eigenvalue weighted by Crippen LogP contribution is 2.03. The van der Waals surface area contributed by atoms with Gasteiger partial charge in [-0.2, -0.15) is 0 Å². The van der Waals surface area contributed by atoms with Crippen molar-refractivity contribution < 1.29 is 16.9 Å². The second kappa shape index (κ2) is 11.0. The summed E-state index contributed by atoms with van der Waals surface area (Å²) in [7, 11) is 0. The molecular weight excluding hydrogens is 218 g/mol. The molecule has 0 bridgehead atoms. The van der Waals surface area contributed by atoms with Gasteiger partial charge in [0.05, 0.1) is 26.2 Å². The van der Waals surface area contributed by atoms with Crippen molar-refractivity contribution in [3.05, 3.63) is 36.4 Å². The van der Waals surface area contributed by atoms with E-state index in [2.05, 4.69) is 27.7 Å². The van der Waals surface area contributed by atoms with Crippen molar-refractivity contribution >= 4 is 0 Å². The van der Waals surface area contributed by atoms with Gasteiger partial charge in [0.2, 0.25) is 0 Å². The maximum Gasteiger partial charge on any atom is 0.0757 e. The Bertz CT molecular complexity index is 175. The first-order valence-corrected chi connectivity index (χ1v) is 6.09. The summed E-state index contributed by atoms with van der Waals surface area (Å²) >= 11 is 0. The van der Waals surface area contributed by atoms with Crippen LogP contribution in [0.5, 0.6) is 0 Å². The lowest BCUT2D eigenvalue weighted by Crippen LogP contribution is -3.00. The highest BCUT2D eigenvalue weighted by atomic mass is 35.5. The molecule has 94 valence electrons. The van der Waals surface area contributed by atoms with Gasteiger partial charge in [0, 0.05) is 0 Å². The van der Waals surface area contributed by atoms with Crippen molar-refractivity contribution in [3.63, 3.8) is 0 Å². The van der Waals surface area contributed by atoms with Gasteiger partial charge in [0.1, 0.15) is 0 Å². The molecule has 1 aromatic rings. The summed E-state index contributed by atoms with van der Waals surface area (Å²) in [4.78, 5) is 0. The average Bonchev–Trinajstić information content (AvgIpc) is 2.36. The molecule has 1 nitrogen and oxygen atoms in total. The highest BCUT2D eigenvalue weighted by Gasteiger charge is 2.16. The number of benzene rings is 1. The normalized spacial score (nSPS) is 9.75. The lowest BCUT2D eigenvalue weighted by atomic mass is 10.3. The zero-order valence-corrected chi connectivity index (χ0v) is 11.9. The molecule has 0 saturated heterocycles. The van der Waals surface area contributed by atoms with Crippen LogP contribution >= 0.6 is 0 Å². The van der Waals surface area contributed by atoms with Crippen LogP contribution in [0.3, 0.4) is 0 Å². The zero-order chi connectivity index (χ0) is 11.6. The average molecular weight is 244 g/mol. The van der Waals surface area contributed by atoms with E-state index in [1.165, 1.54) is 30.7 Å². The predicted molar refractivity (Wildman–Crippen MR) is 68.9 cm³/mol. The van der Waals surface area contributed by atoms with Gasteiger partial charge in [0.25, 0.3) is 0 Å². The Balaban J connectivity index is 0. The van der Waals surface area contributed by atoms with Gasteiger partial charge in [-0.05, 0) is 27.7 Å². The molecule has 0 aromatic heterocycles. The molecule has 2 heteroatoms. The lowest BCUT2D eigenvalue weighted by Gasteiger charge is -2.34. The van der Waals surface area contributed by atoms with E-state index in [4.69, 9.17) is 0 Å². The van der Waals surface area contributed by atoms with Crippen LogP contribution in [0.1, 0.15) is 27.7 Å². The Kier molecular flexibility index (Phi) is 12.2. The minimum absolute atomic E-state index is 0. The number of hydrogen-bond acceptors (Lipinski definition) is 0. The number of rotatable bonds is 4. The van der Waals surface area contributed by atoms with E-state index < -0.39 is 0 Å². The molecule has 0 spiro atoms. The van der Waals surface area contributed by atoms with Gasteiger partial charge in [0.15, 0.2) is 0 Å². The molecule has 0 fully saturated rings. The molecule has 1 aromatic carbocycles. The van der Waals surface area contributed by atoms with Crippen LogP contribution in [-0.4, -0.2) is 30.7 Å². The number of nitrogens with zero attached hydrogens (tertiary/aromatic N) is 1. The van der Waals surface area contributed by atoms with Gasteiger partial charge < -0.3 is 16.9 Å². The van der Waals surface area contributed by atoms with Gasteiger partial charge >= 0.3 is 0 Å². The molecule has 0 amide bonds. The molecule has 0 N–H and O–H groups in total. The summed E-state index contributed by atoms with van der Waals surface area (Å²) in [5.74, 6) is 0. The third-order valence-corrected chi connectivity index (χ3v) is 3.35. The molecule has 0 aliphatic carbocycles. The Morgan fingerprint density at radius 1 is 0.562 bits per heavy atom. The summed E-state index contributed by atoms with van der Waals surface area (Å²) in [6, 6.07) is 12.0. The molecular formula is C14H26ClN. The Morgan fingerprint density at radius 3 is 0.812 bits per heavy atom. The van der Waals surface area contributed by atoms with Gasteiger partial charge in [-0.25, -0.2) is 0 Å². The van der Waals surface area contributed by atoms with E-state index >= 15 is 0 Å². The fourth-order valence-electron chi connectivity index (χ4n) is 1.73. The van der Waals surface area contributed by atoms with Crippen LogP contribution in [0.15, 0.2) is 36.4 Å². The zero-order valence-electron chi connectivity index (χ0n) is 11.1. The first-order valence-electron chi connectivity index (χ1n) is 6.09. The van der Waals surface area contributed by atoms with Crippen molar-refractivity contribution in [2.24, 2.45) is 0 Å². The molecule has 1 rings (SSSR count). The van der Waals surface area contributed by atoms with E-state index in [0.717, 1.165) is 0 Å². The number of quaternary nitrogens is 1. The molecule has 0 atom stereocenters. The second-order valence-electron chi connectivity index (χ2n) is 3.76. The summed E-state index contributed by atoms with van der Waals surface area (Å²) in [5, 5.41) is 0. The topological polar surface area (TPSA) is 0 Å². The standard InChI is InChI=1S/C8H20N.C6H6.ClH/c1-5-9(6-2,7-3)8-4;1-2-4-6-5-3-1;/h5-8H2,1-4H3;1-6H;1H/q+1;;/p-1. The molecule has 0 saturated carbocycles. The van der Waals surface area contributed by atoms with Crippen LogP contribution < -0.4 is 12.4 Å². The Morgan fingerprint density at radius 2 is 0.750 bits per heavy atom. The van der Waals surface area contributed by atoms with Crippen LogP contribution in [0.2, 0.25) is 0 Å². The summed E-state index contributed by atoms with van der Waals surface area (Å²) < 4.78 is 1.28. The quantitative estimate of drug-likeness (QED) is 0.679. The SMILES string of the molecule is CC[N+](CC)(CC)CC.[Cl-].c1ccccc1. The minimum Gasteiger partial charge on any atom is -1.00 e. The van der Waals surface area contributed by atoms with E-state index in [-0.39, 0.29) is 12.4 Å². The van der Waals surface area contributed by atoms with Crippen molar-refractivity contribution in [1.82, 2.24) is 0 Å². The maximum absolute atomic E-state index is 2.27. The van der Waals surface area contributed by atoms with Crippen molar-refractivity contribution in [3.8, 4) is 0 Å². The van der Waals surface area contributed by atoms with Crippen LogP contribution in [0.4, 0.5) is 0 Å². The van der Waals surface area contributed by atoms with Gasteiger partial charge in [-0.1, -0.05) is 36.4 Å². The highest BCUT2D eigenvalue weighted by molar-refractivity contribution is 4.99. The fourth-order valence-corrected chi connectivity index (χ4v) is 1.73. The third kappa shape index (κ3) is 6.86. The first-order chi connectivity index (χ1) is 7.24. The summed E-state index contributed by atoms with van der Waals surface area (Å²) in [6.45, 7) is 14.2. The van der Waals surface area contributed by atoms with E-state index in [0.29, 0.717) is 0 Å². The van der Waals surface area contributed by atoms with Crippen LogP contribution in [-0.2, 0) is 0 Å². The smallest absolute Gasteiger partial charge is 0.0757 e. The maximum atomic E-state index is 2.27. The van der Waals surface area contributed by atoms with Crippen molar-refractivity contribution in [1.29, 1.82) is 0 Å². The fraction of sp³-hybridized carbons (Fsp3) is 0.571. The van der Waals surface area contributed by atoms with Crippen molar-refractivity contribution in [2.45, 2.75) is 27.7 Å². The molecule has 0 unspecified atom stereocenters. The third-order valence-electron chi connectivity index (χ3n) is 3.35. The molecule has 0 aliphatic heterocycles. The van der Waals surface area contributed by atoms with Gasteiger partial charge in [-0.3, -0.25) is 0 Å². The molecule has 0 heterocycles. The summed E-state index contributed by atoms with van der Waals surface area (Å²) in [6.07, 6.45) is 0. The minimum atomic E-state index is 0.